The molecule has 1 aromatic heterocycles. The van der Waals surface area contributed by atoms with Gasteiger partial charge in [-0.3, -0.25) is 14.7 Å². The number of carbonyl (C=O) groups is 1. The Morgan fingerprint density at radius 2 is 2.31 bits per heavy atom. The van der Waals surface area contributed by atoms with Crippen LogP contribution in [0.15, 0.2) is 30.3 Å². The summed E-state index contributed by atoms with van der Waals surface area (Å²) in [5.41, 5.74) is 1.13. The smallest absolute Gasteiger partial charge is 0.313 e. The standard InChI is InChI=1S/C20H24N2O4/c1-2-26-17-5-6-18-14(9-17)3-4-16(21-18)11-22-10-15-7-8-25-13-20(15,12-22)19(23)24/h3-6,9,15H,2,7-8,10-13H2,1H3,(H,23,24)/t15-,20+/m0/s1. The minimum absolute atomic E-state index is 0.156. The second-order valence-corrected chi connectivity index (χ2v) is 7.26. The average molecular weight is 356 g/mol. The summed E-state index contributed by atoms with van der Waals surface area (Å²) in [5.74, 6) is 0.268. The van der Waals surface area contributed by atoms with Gasteiger partial charge in [0.1, 0.15) is 11.2 Å². The zero-order valence-electron chi connectivity index (χ0n) is 15.0. The van der Waals surface area contributed by atoms with E-state index in [1.165, 1.54) is 0 Å². The van der Waals surface area contributed by atoms with E-state index in [2.05, 4.69) is 11.0 Å². The highest BCUT2D eigenvalue weighted by molar-refractivity contribution is 5.80. The Morgan fingerprint density at radius 3 is 3.08 bits per heavy atom. The van der Waals surface area contributed by atoms with Crippen molar-refractivity contribution in [3.8, 4) is 5.75 Å². The van der Waals surface area contributed by atoms with Crippen LogP contribution in [0.5, 0.6) is 5.75 Å². The number of benzene rings is 1. The van der Waals surface area contributed by atoms with Crippen molar-refractivity contribution < 1.29 is 19.4 Å². The molecule has 2 aliphatic rings. The van der Waals surface area contributed by atoms with Crippen molar-refractivity contribution in [3.05, 3.63) is 36.0 Å². The number of likely N-dealkylation sites (tertiary alicyclic amines) is 1. The Bertz CT molecular complexity index is 825. The molecule has 4 rings (SSSR count). The number of fused-ring (bicyclic) bond motifs is 2. The molecule has 0 bridgehead atoms. The van der Waals surface area contributed by atoms with Crippen LogP contribution < -0.4 is 4.74 Å². The van der Waals surface area contributed by atoms with E-state index in [-0.39, 0.29) is 5.92 Å². The molecule has 0 spiro atoms. The van der Waals surface area contributed by atoms with E-state index < -0.39 is 11.4 Å². The summed E-state index contributed by atoms with van der Waals surface area (Å²) in [5, 5.41) is 10.8. The first-order valence-electron chi connectivity index (χ1n) is 9.17. The van der Waals surface area contributed by atoms with Gasteiger partial charge in [-0.1, -0.05) is 6.07 Å². The molecule has 0 amide bonds. The number of aromatic nitrogens is 1. The first-order chi connectivity index (χ1) is 12.6. The van der Waals surface area contributed by atoms with Crippen LogP contribution in [0.1, 0.15) is 19.0 Å². The molecule has 1 N–H and O–H groups in total. The van der Waals surface area contributed by atoms with Gasteiger partial charge < -0.3 is 14.6 Å². The normalized spacial score (nSPS) is 26.0. The van der Waals surface area contributed by atoms with E-state index in [4.69, 9.17) is 14.5 Å². The molecule has 138 valence electrons. The number of ether oxygens (including phenoxy) is 2. The van der Waals surface area contributed by atoms with Crippen LogP contribution in [-0.4, -0.2) is 53.9 Å². The topological polar surface area (TPSA) is 71.9 Å². The third-order valence-corrected chi connectivity index (χ3v) is 5.58. The molecule has 1 aromatic carbocycles. The van der Waals surface area contributed by atoms with Crippen molar-refractivity contribution >= 4 is 16.9 Å². The summed E-state index contributed by atoms with van der Waals surface area (Å²) in [7, 11) is 0. The lowest BCUT2D eigenvalue weighted by atomic mass is 9.76. The Labute approximate surface area is 152 Å². The minimum atomic E-state index is -0.762. The van der Waals surface area contributed by atoms with Gasteiger partial charge in [0.15, 0.2) is 0 Å². The fraction of sp³-hybridized carbons (Fsp3) is 0.500. The van der Waals surface area contributed by atoms with E-state index in [0.717, 1.165) is 35.3 Å². The number of hydrogen-bond donors (Lipinski definition) is 1. The summed E-state index contributed by atoms with van der Waals surface area (Å²) in [6.45, 7) is 5.55. The Balaban J connectivity index is 1.52. The van der Waals surface area contributed by atoms with Crippen molar-refractivity contribution in [1.82, 2.24) is 9.88 Å². The van der Waals surface area contributed by atoms with Crippen molar-refractivity contribution in [3.63, 3.8) is 0 Å². The Hall–Kier alpha value is -2.18. The largest absolute Gasteiger partial charge is 0.494 e. The molecule has 6 heteroatoms. The lowest BCUT2D eigenvalue weighted by Crippen LogP contribution is -2.46. The molecule has 2 saturated heterocycles. The molecule has 0 unspecified atom stereocenters. The molecule has 2 atom stereocenters. The van der Waals surface area contributed by atoms with Gasteiger partial charge in [-0.15, -0.1) is 0 Å². The Morgan fingerprint density at radius 1 is 1.42 bits per heavy atom. The lowest BCUT2D eigenvalue weighted by Gasteiger charge is -2.34. The van der Waals surface area contributed by atoms with Gasteiger partial charge in [0, 0.05) is 31.6 Å². The molecular weight excluding hydrogens is 332 g/mol. The molecule has 2 fully saturated rings. The molecule has 0 radical (unpaired) electrons. The van der Waals surface area contributed by atoms with Crippen LogP contribution in [0, 0.1) is 11.3 Å². The van der Waals surface area contributed by atoms with Crippen LogP contribution in [-0.2, 0) is 16.1 Å². The number of carboxylic acids is 1. The lowest BCUT2D eigenvalue weighted by molar-refractivity contribution is -0.159. The van der Waals surface area contributed by atoms with Crippen LogP contribution in [0.25, 0.3) is 10.9 Å². The molecule has 2 aliphatic heterocycles. The van der Waals surface area contributed by atoms with E-state index in [1.807, 2.05) is 31.2 Å². The van der Waals surface area contributed by atoms with Crippen molar-refractivity contribution in [2.45, 2.75) is 19.9 Å². The fourth-order valence-electron chi connectivity index (χ4n) is 4.23. The van der Waals surface area contributed by atoms with Crippen molar-refractivity contribution in [2.75, 3.05) is 32.9 Å². The van der Waals surface area contributed by atoms with E-state index in [0.29, 0.717) is 32.9 Å². The summed E-state index contributed by atoms with van der Waals surface area (Å²) in [4.78, 5) is 18.8. The quantitative estimate of drug-likeness (QED) is 0.888. The summed E-state index contributed by atoms with van der Waals surface area (Å²) in [6.07, 6.45) is 0.814. The predicted molar refractivity (Wildman–Crippen MR) is 97.2 cm³/mol. The van der Waals surface area contributed by atoms with E-state index >= 15 is 0 Å². The molecule has 6 nitrogen and oxygen atoms in total. The fourth-order valence-corrected chi connectivity index (χ4v) is 4.23. The molecule has 3 heterocycles. The third kappa shape index (κ3) is 3.04. The highest BCUT2D eigenvalue weighted by Crippen LogP contribution is 2.42. The van der Waals surface area contributed by atoms with Gasteiger partial charge in [0.2, 0.25) is 0 Å². The molecule has 0 aliphatic carbocycles. The maximum atomic E-state index is 11.9. The number of rotatable bonds is 5. The van der Waals surface area contributed by atoms with Crippen LogP contribution in [0.4, 0.5) is 0 Å². The van der Waals surface area contributed by atoms with Crippen LogP contribution >= 0.6 is 0 Å². The average Bonchev–Trinajstić information content (AvgIpc) is 3.01. The highest BCUT2D eigenvalue weighted by Gasteiger charge is 2.53. The molecular formula is C20H24N2O4. The summed E-state index contributed by atoms with van der Waals surface area (Å²) < 4.78 is 11.0. The second-order valence-electron chi connectivity index (χ2n) is 7.26. The van der Waals surface area contributed by atoms with Crippen LogP contribution in [0.3, 0.4) is 0 Å². The van der Waals surface area contributed by atoms with Gasteiger partial charge in [0.25, 0.3) is 0 Å². The SMILES string of the molecule is CCOc1ccc2nc(CN3C[C@@H]4CCOC[C@]4(C(=O)O)C3)ccc2c1. The van der Waals surface area contributed by atoms with Gasteiger partial charge >= 0.3 is 5.97 Å². The number of nitrogens with zero attached hydrogens (tertiary/aromatic N) is 2. The zero-order valence-corrected chi connectivity index (χ0v) is 15.0. The highest BCUT2D eigenvalue weighted by atomic mass is 16.5. The van der Waals surface area contributed by atoms with Crippen molar-refractivity contribution in [1.29, 1.82) is 0 Å². The summed E-state index contributed by atoms with van der Waals surface area (Å²) >= 11 is 0. The number of pyridine rings is 1. The molecule has 26 heavy (non-hydrogen) atoms. The Kier molecular flexibility index (Phi) is 4.54. The second kappa shape index (κ2) is 6.85. The van der Waals surface area contributed by atoms with Crippen molar-refractivity contribution in [2.24, 2.45) is 11.3 Å². The van der Waals surface area contributed by atoms with E-state index in [1.54, 1.807) is 0 Å². The van der Waals surface area contributed by atoms with Gasteiger partial charge in [-0.25, -0.2) is 0 Å². The minimum Gasteiger partial charge on any atom is -0.494 e. The zero-order chi connectivity index (χ0) is 18.1. The first-order valence-corrected chi connectivity index (χ1v) is 9.17. The van der Waals surface area contributed by atoms with Crippen LogP contribution in [0.2, 0.25) is 0 Å². The maximum absolute atomic E-state index is 11.9. The first kappa shape index (κ1) is 17.2. The van der Waals surface area contributed by atoms with Gasteiger partial charge in [0.05, 0.1) is 24.4 Å². The number of carboxylic acid groups (broad SMARTS) is 1. The van der Waals surface area contributed by atoms with Gasteiger partial charge in [-0.05, 0) is 43.5 Å². The summed E-state index contributed by atoms with van der Waals surface area (Å²) in [6, 6.07) is 9.98. The maximum Gasteiger partial charge on any atom is 0.313 e. The number of hydrogen-bond acceptors (Lipinski definition) is 5. The van der Waals surface area contributed by atoms with E-state index in [9.17, 15) is 9.90 Å². The predicted octanol–water partition coefficient (Wildman–Crippen LogP) is 2.56. The molecule has 0 saturated carbocycles. The third-order valence-electron chi connectivity index (χ3n) is 5.58. The molecule has 2 aromatic rings. The monoisotopic (exact) mass is 356 g/mol. The van der Waals surface area contributed by atoms with Gasteiger partial charge in [-0.2, -0.15) is 0 Å². The number of aliphatic carboxylic acids is 1.